The van der Waals surface area contributed by atoms with Gasteiger partial charge in [0.1, 0.15) is 6.17 Å². The molecule has 0 heterocycles. The molecular formula is C10H12FO. The van der Waals surface area contributed by atoms with E-state index in [2.05, 4.69) is 0 Å². The second kappa shape index (κ2) is 4.88. The van der Waals surface area contributed by atoms with Crippen LogP contribution in [0.25, 0.3) is 0 Å². The lowest BCUT2D eigenvalue weighted by Gasteiger charge is -2.05. The molecule has 1 radical (unpaired) electrons. The van der Waals surface area contributed by atoms with Crippen LogP contribution in [0.5, 0.6) is 0 Å². The van der Waals surface area contributed by atoms with Gasteiger partial charge in [-0.05, 0) is 18.4 Å². The molecular weight excluding hydrogens is 155 g/mol. The Bertz CT molecular complexity index is 210. The average Bonchev–Trinajstić information content (AvgIpc) is 2.15. The summed E-state index contributed by atoms with van der Waals surface area (Å²) in [5, 5.41) is 10.1. The minimum atomic E-state index is -0.972. The first kappa shape index (κ1) is 9.20. The van der Waals surface area contributed by atoms with Crippen LogP contribution in [0.3, 0.4) is 0 Å². The van der Waals surface area contributed by atoms with Crippen molar-refractivity contribution in [2.75, 3.05) is 6.61 Å². The largest absolute Gasteiger partial charge is 0.242 e. The van der Waals surface area contributed by atoms with Crippen LogP contribution >= 0.6 is 0 Å². The van der Waals surface area contributed by atoms with E-state index in [-0.39, 0.29) is 6.61 Å². The van der Waals surface area contributed by atoms with Gasteiger partial charge in [-0.1, -0.05) is 30.3 Å². The van der Waals surface area contributed by atoms with Crippen LogP contribution < -0.4 is 0 Å². The van der Waals surface area contributed by atoms with Crippen molar-refractivity contribution >= 4 is 0 Å². The van der Waals surface area contributed by atoms with E-state index in [0.717, 1.165) is 0 Å². The van der Waals surface area contributed by atoms with E-state index < -0.39 is 6.17 Å². The van der Waals surface area contributed by atoms with Gasteiger partial charge in [0.05, 0.1) is 6.61 Å². The number of hydrogen-bond acceptors (Lipinski definition) is 0. The summed E-state index contributed by atoms with van der Waals surface area (Å²) in [5.41, 5.74) is 0.672. The summed E-state index contributed by atoms with van der Waals surface area (Å²) >= 11 is 0. The summed E-state index contributed by atoms with van der Waals surface area (Å²) in [6, 6.07) is 8.95. The highest BCUT2D eigenvalue weighted by atomic mass is 19.1. The number of halogens is 1. The van der Waals surface area contributed by atoms with E-state index in [1.165, 1.54) is 0 Å². The van der Waals surface area contributed by atoms with Crippen molar-refractivity contribution in [3.63, 3.8) is 0 Å². The predicted molar refractivity (Wildman–Crippen MR) is 45.1 cm³/mol. The molecule has 1 atom stereocenters. The molecule has 0 bridgehead atoms. The maximum Gasteiger partial charge on any atom is 0.125 e. The first-order chi connectivity index (χ1) is 5.84. The Morgan fingerprint density at radius 2 is 1.92 bits per heavy atom. The van der Waals surface area contributed by atoms with E-state index in [1.807, 2.05) is 6.07 Å². The minimum Gasteiger partial charge on any atom is -0.242 e. The number of hydrogen-bond donors (Lipinski definition) is 0. The van der Waals surface area contributed by atoms with E-state index in [4.69, 9.17) is 0 Å². The highest BCUT2D eigenvalue weighted by Gasteiger charge is 2.07. The van der Waals surface area contributed by atoms with Crippen molar-refractivity contribution in [3.05, 3.63) is 35.9 Å². The van der Waals surface area contributed by atoms with Crippen molar-refractivity contribution in [2.24, 2.45) is 0 Å². The standard InChI is InChI=1S/C10H12FO/c11-10(7-4-8-12)9-5-2-1-3-6-9/h1-3,5-6,10H,4,7-8H2. The van der Waals surface area contributed by atoms with Crippen molar-refractivity contribution in [1.29, 1.82) is 0 Å². The van der Waals surface area contributed by atoms with Crippen LogP contribution in [0.1, 0.15) is 24.6 Å². The Morgan fingerprint density at radius 1 is 1.25 bits per heavy atom. The molecule has 0 aliphatic carbocycles. The van der Waals surface area contributed by atoms with Crippen LogP contribution in [0.4, 0.5) is 4.39 Å². The zero-order valence-electron chi connectivity index (χ0n) is 6.87. The Labute approximate surface area is 71.9 Å². The fraction of sp³-hybridized carbons (Fsp3) is 0.400. The molecule has 1 unspecified atom stereocenters. The van der Waals surface area contributed by atoms with Crippen molar-refractivity contribution in [3.8, 4) is 0 Å². The molecule has 0 amide bonds. The number of benzene rings is 1. The van der Waals surface area contributed by atoms with Gasteiger partial charge in [0.25, 0.3) is 0 Å². The summed E-state index contributed by atoms with van der Waals surface area (Å²) in [7, 11) is 0. The van der Waals surface area contributed by atoms with Crippen molar-refractivity contribution < 1.29 is 9.50 Å². The molecule has 0 saturated heterocycles. The molecule has 0 saturated carbocycles. The molecule has 0 fully saturated rings. The fourth-order valence-electron chi connectivity index (χ4n) is 1.09. The zero-order valence-corrected chi connectivity index (χ0v) is 6.87. The van der Waals surface area contributed by atoms with Crippen LogP contribution in [0.15, 0.2) is 30.3 Å². The number of alkyl halides is 1. The third-order valence-electron chi connectivity index (χ3n) is 1.76. The fourth-order valence-corrected chi connectivity index (χ4v) is 1.09. The van der Waals surface area contributed by atoms with Crippen LogP contribution in [0, 0.1) is 0 Å². The van der Waals surface area contributed by atoms with Crippen LogP contribution in [0.2, 0.25) is 0 Å². The van der Waals surface area contributed by atoms with E-state index >= 15 is 0 Å². The molecule has 12 heavy (non-hydrogen) atoms. The molecule has 0 aromatic heterocycles. The Hall–Kier alpha value is -0.890. The highest BCUT2D eigenvalue weighted by Crippen LogP contribution is 2.21. The number of rotatable bonds is 4. The summed E-state index contributed by atoms with van der Waals surface area (Å²) < 4.78 is 13.2. The molecule has 1 aromatic rings. The normalized spacial score (nSPS) is 12.8. The second-order valence-electron chi connectivity index (χ2n) is 2.72. The van der Waals surface area contributed by atoms with Crippen molar-refractivity contribution in [2.45, 2.75) is 19.0 Å². The topological polar surface area (TPSA) is 19.9 Å². The molecule has 65 valence electrons. The predicted octanol–water partition coefficient (Wildman–Crippen LogP) is 2.91. The third kappa shape index (κ3) is 2.62. The lowest BCUT2D eigenvalue weighted by atomic mass is 10.1. The summed E-state index contributed by atoms with van der Waals surface area (Å²) in [4.78, 5) is 0. The SMILES string of the molecule is [O]CCCC(F)c1ccccc1. The van der Waals surface area contributed by atoms with Gasteiger partial charge in [-0.3, -0.25) is 0 Å². The average molecular weight is 167 g/mol. The summed E-state index contributed by atoms with van der Waals surface area (Å²) in [5.74, 6) is 0. The van der Waals surface area contributed by atoms with E-state index in [1.54, 1.807) is 24.3 Å². The molecule has 2 heteroatoms. The summed E-state index contributed by atoms with van der Waals surface area (Å²) in [6.45, 7) is -0.187. The first-order valence-corrected chi connectivity index (χ1v) is 4.11. The Morgan fingerprint density at radius 3 is 2.50 bits per heavy atom. The summed E-state index contributed by atoms with van der Waals surface area (Å²) in [6.07, 6.45) is -0.219. The lowest BCUT2D eigenvalue weighted by molar-refractivity contribution is 0.173. The van der Waals surface area contributed by atoms with Gasteiger partial charge in [-0.2, -0.15) is 0 Å². The third-order valence-corrected chi connectivity index (χ3v) is 1.76. The second-order valence-corrected chi connectivity index (χ2v) is 2.72. The Kier molecular flexibility index (Phi) is 3.74. The molecule has 0 N–H and O–H groups in total. The van der Waals surface area contributed by atoms with Gasteiger partial charge < -0.3 is 0 Å². The zero-order chi connectivity index (χ0) is 8.81. The molecule has 0 aliphatic heterocycles. The quantitative estimate of drug-likeness (QED) is 0.657. The van der Waals surface area contributed by atoms with Gasteiger partial charge in [-0.25, -0.2) is 9.50 Å². The molecule has 0 spiro atoms. The highest BCUT2D eigenvalue weighted by molar-refractivity contribution is 5.17. The molecule has 1 nitrogen and oxygen atoms in total. The smallest absolute Gasteiger partial charge is 0.125 e. The molecule has 1 rings (SSSR count). The molecule has 1 aromatic carbocycles. The van der Waals surface area contributed by atoms with Crippen LogP contribution in [-0.2, 0) is 5.11 Å². The Balaban J connectivity index is 2.48. The van der Waals surface area contributed by atoms with Crippen molar-refractivity contribution in [1.82, 2.24) is 0 Å². The first-order valence-electron chi connectivity index (χ1n) is 4.11. The van der Waals surface area contributed by atoms with Gasteiger partial charge in [0.2, 0.25) is 0 Å². The van der Waals surface area contributed by atoms with Gasteiger partial charge >= 0.3 is 0 Å². The van der Waals surface area contributed by atoms with Crippen LogP contribution in [-0.4, -0.2) is 6.61 Å². The van der Waals surface area contributed by atoms with Gasteiger partial charge in [0.15, 0.2) is 0 Å². The molecule has 0 aliphatic rings. The van der Waals surface area contributed by atoms with Gasteiger partial charge in [-0.15, -0.1) is 0 Å². The van der Waals surface area contributed by atoms with E-state index in [0.29, 0.717) is 18.4 Å². The lowest BCUT2D eigenvalue weighted by Crippen LogP contribution is -1.92. The van der Waals surface area contributed by atoms with Gasteiger partial charge in [0, 0.05) is 0 Å². The monoisotopic (exact) mass is 167 g/mol. The van der Waals surface area contributed by atoms with E-state index in [9.17, 15) is 9.50 Å². The maximum atomic E-state index is 13.2. The maximum absolute atomic E-state index is 13.2. The minimum absolute atomic E-state index is 0.187.